The van der Waals surface area contributed by atoms with E-state index in [9.17, 15) is 0 Å². The van der Waals surface area contributed by atoms with Gasteiger partial charge in [0.1, 0.15) is 10.8 Å². The number of para-hydroxylation sites is 2. The minimum atomic E-state index is 0.432. The van der Waals surface area contributed by atoms with Gasteiger partial charge >= 0.3 is 0 Å². The second-order valence-corrected chi connectivity index (χ2v) is 5.17. The first-order valence-electron chi connectivity index (χ1n) is 6.05. The second kappa shape index (κ2) is 3.46. The van der Waals surface area contributed by atoms with Crippen LogP contribution in [0.1, 0.15) is 17.2 Å². The molecule has 18 heavy (non-hydrogen) atoms. The van der Waals surface area contributed by atoms with E-state index in [4.69, 9.17) is 16.6 Å². The predicted octanol–water partition coefficient (Wildman–Crippen LogP) is 3.09. The first-order valence-corrected chi connectivity index (χ1v) is 6.43. The Balaban J connectivity index is 2.23. The van der Waals surface area contributed by atoms with Gasteiger partial charge in [0.2, 0.25) is 0 Å². The Hall–Kier alpha value is -1.58. The SMILES string of the molecule is Cc1cc(Cl)n2c(nc3ccccc32)c1C1CN1. The van der Waals surface area contributed by atoms with Gasteiger partial charge in [-0.05, 0) is 30.7 Å². The molecule has 0 saturated carbocycles. The first-order chi connectivity index (χ1) is 8.75. The molecule has 0 amide bonds. The lowest BCUT2D eigenvalue weighted by Gasteiger charge is -2.08. The van der Waals surface area contributed by atoms with Crippen molar-refractivity contribution in [1.29, 1.82) is 0 Å². The number of benzene rings is 1. The average Bonchev–Trinajstić information content (AvgIpc) is 3.08. The first kappa shape index (κ1) is 10.4. The van der Waals surface area contributed by atoms with Gasteiger partial charge < -0.3 is 5.32 Å². The zero-order chi connectivity index (χ0) is 12.3. The number of nitrogens with zero attached hydrogens (tertiary/aromatic N) is 2. The average molecular weight is 258 g/mol. The van der Waals surface area contributed by atoms with Gasteiger partial charge in [0.25, 0.3) is 0 Å². The summed E-state index contributed by atoms with van der Waals surface area (Å²) in [6.07, 6.45) is 0. The molecule has 0 bridgehead atoms. The van der Waals surface area contributed by atoms with Crippen LogP contribution in [0.2, 0.25) is 5.15 Å². The number of imidazole rings is 1. The molecular formula is C14H12ClN3. The van der Waals surface area contributed by atoms with Crippen LogP contribution in [0.25, 0.3) is 16.7 Å². The molecule has 90 valence electrons. The number of hydrogen-bond acceptors (Lipinski definition) is 2. The Bertz CT molecular complexity index is 771. The van der Waals surface area contributed by atoms with E-state index in [2.05, 4.69) is 18.3 Å². The van der Waals surface area contributed by atoms with E-state index in [1.807, 2.05) is 28.7 Å². The standard InChI is InChI=1S/C14H12ClN3/c1-8-6-12(15)18-11-5-3-2-4-9(11)17-14(18)13(8)10-7-16-10/h2-6,10,16H,7H2,1H3. The van der Waals surface area contributed by atoms with Crippen molar-refractivity contribution in [2.75, 3.05) is 6.54 Å². The van der Waals surface area contributed by atoms with Crippen LogP contribution in [-0.4, -0.2) is 15.9 Å². The number of nitrogens with one attached hydrogen (secondary N) is 1. The third-order valence-electron chi connectivity index (χ3n) is 3.53. The maximum atomic E-state index is 6.38. The van der Waals surface area contributed by atoms with Crippen molar-refractivity contribution in [3.05, 3.63) is 46.6 Å². The Labute approximate surface area is 109 Å². The molecule has 4 rings (SSSR count). The molecule has 0 spiro atoms. The molecule has 1 aliphatic heterocycles. The molecule has 1 atom stereocenters. The van der Waals surface area contributed by atoms with Crippen LogP contribution in [0.5, 0.6) is 0 Å². The van der Waals surface area contributed by atoms with Crippen molar-refractivity contribution in [3.8, 4) is 0 Å². The van der Waals surface area contributed by atoms with E-state index in [-0.39, 0.29) is 0 Å². The van der Waals surface area contributed by atoms with E-state index in [1.54, 1.807) is 0 Å². The summed E-state index contributed by atoms with van der Waals surface area (Å²) in [5, 5.41) is 4.07. The fourth-order valence-electron chi connectivity index (χ4n) is 2.61. The lowest BCUT2D eigenvalue weighted by Crippen LogP contribution is -1.98. The van der Waals surface area contributed by atoms with E-state index in [0.717, 1.165) is 28.4 Å². The van der Waals surface area contributed by atoms with E-state index in [0.29, 0.717) is 6.04 Å². The lowest BCUT2D eigenvalue weighted by molar-refractivity contribution is 1.03. The van der Waals surface area contributed by atoms with Gasteiger partial charge in [-0.25, -0.2) is 4.98 Å². The molecule has 0 aliphatic carbocycles. The highest BCUT2D eigenvalue weighted by Gasteiger charge is 2.28. The Kier molecular flexibility index (Phi) is 1.99. The van der Waals surface area contributed by atoms with Crippen LogP contribution in [0, 0.1) is 6.92 Å². The van der Waals surface area contributed by atoms with Crippen LogP contribution in [-0.2, 0) is 0 Å². The highest BCUT2D eigenvalue weighted by Crippen LogP contribution is 2.33. The topological polar surface area (TPSA) is 39.2 Å². The summed E-state index contributed by atoms with van der Waals surface area (Å²) in [5.74, 6) is 0. The van der Waals surface area contributed by atoms with Crippen molar-refractivity contribution < 1.29 is 0 Å². The number of hydrogen-bond donors (Lipinski definition) is 1. The van der Waals surface area contributed by atoms with Gasteiger partial charge in [-0.3, -0.25) is 4.40 Å². The zero-order valence-electron chi connectivity index (χ0n) is 9.94. The fraction of sp³-hybridized carbons (Fsp3) is 0.214. The molecule has 1 N–H and O–H groups in total. The number of aromatic nitrogens is 2. The molecule has 2 aromatic heterocycles. The normalized spacial score (nSPS) is 18.7. The monoisotopic (exact) mass is 257 g/mol. The van der Waals surface area contributed by atoms with Crippen LogP contribution in [0.4, 0.5) is 0 Å². The highest BCUT2D eigenvalue weighted by molar-refractivity contribution is 6.30. The van der Waals surface area contributed by atoms with Gasteiger partial charge in [0.15, 0.2) is 0 Å². The summed E-state index contributed by atoms with van der Waals surface area (Å²) in [6, 6.07) is 10.6. The summed E-state index contributed by atoms with van der Waals surface area (Å²) in [7, 11) is 0. The third-order valence-corrected chi connectivity index (χ3v) is 3.81. The van der Waals surface area contributed by atoms with Crippen molar-refractivity contribution in [2.24, 2.45) is 0 Å². The predicted molar refractivity (Wildman–Crippen MR) is 73.2 cm³/mol. The Morgan fingerprint density at radius 3 is 2.94 bits per heavy atom. The van der Waals surface area contributed by atoms with Crippen molar-refractivity contribution in [3.63, 3.8) is 0 Å². The molecular weight excluding hydrogens is 246 g/mol. The van der Waals surface area contributed by atoms with Gasteiger partial charge in [-0.1, -0.05) is 23.7 Å². The van der Waals surface area contributed by atoms with Crippen LogP contribution in [0.15, 0.2) is 30.3 Å². The Morgan fingerprint density at radius 1 is 1.39 bits per heavy atom. The van der Waals surface area contributed by atoms with Gasteiger partial charge in [0, 0.05) is 18.2 Å². The molecule has 1 aliphatic rings. The largest absolute Gasteiger partial charge is 0.307 e. The molecule has 3 nitrogen and oxygen atoms in total. The highest BCUT2D eigenvalue weighted by atomic mass is 35.5. The molecule has 3 aromatic rings. The van der Waals surface area contributed by atoms with Crippen LogP contribution >= 0.6 is 11.6 Å². The van der Waals surface area contributed by atoms with Gasteiger partial charge in [0.05, 0.1) is 11.0 Å². The van der Waals surface area contributed by atoms with Crippen molar-refractivity contribution >= 4 is 28.3 Å². The summed E-state index contributed by atoms with van der Waals surface area (Å²) in [6.45, 7) is 3.13. The van der Waals surface area contributed by atoms with Crippen LogP contribution < -0.4 is 5.32 Å². The summed E-state index contributed by atoms with van der Waals surface area (Å²) in [4.78, 5) is 4.74. The molecule has 4 heteroatoms. The lowest BCUT2D eigenvalue weighted by atomic mass is 10.1. The number of pyridine rings is 1. The minimum absolute atomic E-state index is 0.432. The number of rotatable bonds is 1. The summed E-state index contributed by atoms with van der Waals surface area (Å²) in [5.41, 5.74) is 5.52. The molecule has 1 fully saturated rings. The summed E-state index contributed by atoms with van der Waals surface area (Å²) >= 11 is 6.38. The maximum absolute atomic E-state index is 6.38. The molecule has 3 heterocycles. The number of fused-ring (bicyclic) bond motifs is 3. The third kappa shape index (κ3) is 1.32. The minimum Gasteiger partial charge on any atom is -0.307 e. The quantitative estimate of drug-likeness (QED) is 0.537. The zero-order valence-corrected chi connectivity index (χ0v) is 10.7. The van der Waals surface area contributed by atoms with Crippen molar-refractivity contribution in [2.45, 2.75) is 13.0 Å². The molecule has 1 aromatic carbocycles. The van der Waals surface area contributed by atoms with E-state index < -0.39 is 0 Å². The molecule has 1 unspecified atom stereocenters. The molecule has 0 radical (unpaired) electrons. The summed E-state index contributed by atoms with van der Waals surface area (Å²) < 4.78 is 2.04. The van der Waals surface area contributed by atoms with Crippen molar-refractivity contribution in [1.82, 2.24) is 14.7 Å². The smallest absolute Gasteiger partial charge is 0.144 e. The van der Waals surface area contributed by atoms with E-state index >= 15 is 0 Å². The maximum Gasteiger partial charge on any atom is 0.144 e. The number of halogens is 1. The number of aryl methyl sites for hydroxylation is 1. The molecule has 1 saturated heterocycles. The van der Waals surface area contributed by atoms with E-state index in [1.165, 1.54) is 11.1 Å². The van der Waals surface area contributed by atoms with Gasteiger partial charge in [-0.15, -0.1) is 0 Å². The Morgan fingerprint density at radius 2 is 2.17 bits per heavy atom. The van der Waals surface area contributed by atoms with Crippen LogP contribution in [0.3, 0.4) is 0 Å². The fourth-order valence-corrected chi connectivity index (χ4v) is 2.95. The second-order valence-electron chi connectivity index (χ2n) is 4.78. The van der Waals surface area contributed by atoms with Gasteiger partial charge in [-0.2, -0.15) is 0 Å².